The van der Waals surface area contributed by atoms with Gasteiger partial charge in [0, 0.05) is 25.1 Å². The minimum absolute atomic E-state index is 0.0120. The molecule has 3 amide bonds. The molecule has 0 aromatic heterocycles. The van der Waals surface area contributed by atoms with E-state index in [-0.39, 0.29) is 18.1 Å². The number of rotatable bonds is 7. The van der Waals surface area contributed by atoms with Gasteiger partial charge in [0.1, 0.15) is 6.04 Å². The van der Waals surface area contributed by atoms with E-state index in [1.165, 1.54) is 19.2 Å². The number of carbonyl (C=O) groups is 3. The molecule has 1 unspecified atom stereocenters. The molecule has 1 aliphatic rings. The predicted octanol–water partition coefficient (Wildman–Crippen LogP) is 2.09. The molecule has 0 bridgehead atoms. The SMILES string of the molecule is COC(=O)c1ccc(CC2NC(=O)N(CCc3ccc([N+](=O)[O-])cc3)C2=O)cc1. The first kappa shape index (κ1) is 20.0. The number of carbonyl (C=O) groups excluding carboxylic acids is 3. The van der Waals surface area contributed by atoms with E-state index in [4.69, 9.17) is 0 Å². The third-order valence-corrected chi connectivity index (χ3v) is 4.69. The van der Waals surface area contributed by atoms with Crippen molar-refractivity contribution in [3.05, 3.63) is 75.3 Å². The van der Waals surface area contributed by atoms with Gasteiger partial charge in [0.2, 0.25) is 0 Å². The number of hydrogen-bond donors (Lipinski definition) is 1. The molecule has 29 heavy (non-hydrogen) atoms. The van der Waals surface area contributed by atoms with Gasteiger partial charge in [-0.3, -0.25) is 19.8 Å². The van der Waals surface area contributed by atoms with E-state index in [1.54, 1.807) is 36.4 Å². The largest absolute Gasteiger partial charge is 0.465 e. The number of ether oxygens (including phenoxy) is 1. The summed E-state index contributed by atoms with van der Waals surface area (Å²) in [5.41, 5.74) is 1.98. The van der Waals surface area contributed by atoms with Gasteiger partial charge < -0.3 is 10.1 Å². The molecular weight excluding hydrogens is 378 g/mol. The first-order chi connectivity index (χ1) is 13.9. The van der Waals surface area contributed by atoms with Crippen LogP contribution in [0.2, 0.25) is 0 Å². The second-order valence-corrected chi connectivity index (χ2v) is 6.56. The molecule has 0 aliphatic carbocycles. The van der Waals surface area contributed by atoms with Crippen LogP contribution in [0.4, 0.5) is 10.5 Å². The van der Waals surface area contributed by atoms with E-state index in [0.29, 0.717) is 18.4 Å². The molecular formula is C20H19N3O6. The van der Waals surface area contributed by atoms with Gasteiger partial charge in [0.25, 0.3) is 11.6 Å². The Morgan fingerprint density at radius 1 is 1.10 bits per heavy atom. The summed E-state index contributed by atoms with van der Waals surface area (Å²) in [4.78, 5) is 47.6. The lowest BCUT2D eigenvalue weighted by Crippen LogP contribution is -2.33. The fourth-order valence-corrected chi connectivity index (χ4v) is 3.08. The Balaban J connectivity index is 1.59. The van der Waals surface area contributed by atoms with Gasteiger partial charge in [-0.2, -0.15) is 0 Å². The number of amides is 3. The molecule has 1 saturated heterocycles. The van der Waals surface area contributed by atoms with Crippen molar-refractivity contribution in [1.82, 2.24) is 10.2 Å². The number of nitrogens with one attached hydrogen (secondary N) is 1. The number of urea groups is 1. The van der Waals surface area contributed by atoms with Crippen LogP contribution in [0, 0.1) is 10.1 Å². The average Bonchev–Trinajstić information content (AvgIpc) is 2.99. The molecule has 9 nitrogen and oxygen atoms in total. The highest BCUT2D eigenvalue weighted by atomic mass is 16.6. The topological polar surface area (TPSA) is 119 Å². The molecule has 0 radical (unpaired) electrons. The van der Waals surface area contributed by atoms with Crippen LogP contribution < -0.4 is 5.32 Å². The Morgan fingerprint density at radius 2 is 1.72 bits per heavy atom. The van der Waals surface area contributed by atoms with Crippen molar-refractivity contribution in [2.75, 3.05) is 13.7 Å². The minimum Gasteiger partial charge on any atom is -0.465 e. The van der Waals surface area contributed by atoms with E-state index >= 15 is 0 Å². The highest BCUT2D eigenvalue weighted by Gasteiger charge is 2.37. The number of hydrogen-bond acceptors (Lipinski definition) is 6. The van der Waals surface area contributed by atoms with Crippen LogP contribution in [0.15, 0.2) is 48.5 Å². The summed E-state index contributed by atoms with van der Waals surface area (Å²) in [6.07, 6.45) is 0.706. The zero-order valence-corrected chi connectivity index (χ0v) is 15.7. The lowest BCUT2D eigenvalue weighted by atomic mass is 10.0. The third-order valence-electron chi connectivity index (χ3n) is 4.69. The maximum absolute atomic E-state index is 12.6. The quantitative estimate of drug-likeness (QED) is 0.331. The molecule has 0 spiro atoms. The van der Waals surface area contributed by atoms with Crippen LogP contribution in [-0.4, -0.2) is 47.4 Å². The number of benzene rings is 2. The first-order valence-electron chi connectivity index (χ1n) is 8.91. The van der Waals surface area contributed by atoms with Gasteiger partial charge in [-0.25, -0.2) is 9.59 Å². The molecule has 1 fully saturated rings. The predicted molar refractivity (Wildman–Crippen MR) is 102 cm³/mol. The Morgan fingerprint density at radius 3 is 2.31 bits per heavy atom. The number of non-ortho nitro benzene ring substituents is 1. The Labute approximate surface area is 166 Å². The van der Waals surface area contributed by atoms with Crippen LogP contribution >= 0.6 is 0 Å². The number of nitro benzene ring substituents is 1. The van der Waals surface area contributed by atoms with Gasteiger partial charge in [-0.05, 0) is 29.7 Å². The monoisotopic (exact) mass is 397 g/mol. The molecule has 150 valence electrons. The maximum atomic E-state index is 12.6. The van der Waals surface area contributed by atoms with Crippen LogP contribution in [0.3, 0.4) is 0 Å². The van der Waals surface area contributed by atoms with Gasteiger partial charge in [-0.1, -0.05) is 24.3 Å². The van der Waals surface area contributed by atoms with Crippen molar-refractivity contribution < 1.29 is 24.0 Å². The third kappa shape index (κ3) is 4.57. The number of esters is 1. The number of nitrogens with zero attached hydrogens (tertiary/aromatic N) is 2. The average molecular weight is 397 g/mol. The van der Waals surface area contributed by atoms with Crippen molar-refractivity contribution in [3.8, 4) is 0 Å². The lowest BCUT2D eigenvalue weighted by Gasteiger charge is -2.13. The van der Waals surface area contributed by atoms with Gasteiger partial charge in [-0.15, -0.1) is 0 Å². The molecule has 9 heteroatoms. The summed E-state index contributed by atoms with van der Waals surface area (Å²) in [5.74, 6) is -0.770. The van der Waals surface area contributed by atoms with Crippen LogP contribution in [-0.2, 0) is 22.4 Å². The van der Waals surface area contributed by atoms with Gasteiger partial charge in [0.15, 0.2) is 0 Å². The van der Waals surface area contributed by atoms with E-state index in [1.807, 2.05) is 0 Å². The fourth-order valence-electron chi connectivity index (χ4n) is 3.08. The summed E-state index contributed by atoms with van der Waals surface area (Å²) in [7, 11) is 1.30. The van der Waals surface area contributed by atoms with Crippen molar-refractivity contribution in [1.29, 1.82) is 0 Å². The highest BCUT2D eigenvalue weighted by molar-refractivity contribution is 6.04. The molecule has 1 N–H and O–H groups in total. The van der Waals surface area contributed by atoms with Gasteiger partial charge in [0.05, 0.1) is 17.6 Å². The van der Waals surface area contributed by atoms with Crippen molar-refractivity contribution in [2.24, 2.45) is 0 Å². The summed E-state index contributed by atoms with van der Waals surface area (Å²) in [5, 5.41) is 13.4. The zero-order chi connectivity index (χ0) is 21.0. The Hall–Kier alpha value is -3.75. The highest BCUT2D eigenvalue weighted by Crippen LogP contribution is 2.16. The summed E-state index contributed by atoms with van der Waals surface area (Å²) in [6.45, 7) is 0.181. The summed E-state index contributed by atoms with van der Waals surface area (Å²) >= 11 is 0. The zero-order valence-electron chi connectivity index (χ0n) is 15.7. The molecule has 3 rings (SSSR count). The fraction of sp³-hybridized carbons (Fsp3) is 0.250. The Bertz CT molecular complexity index is 940. The van der Waals surface area contributed by atoms with E-state index < -0.39 is 23.0 Å². The normalized spacial score (nSPS) is 15.9. The maximum Gasteiger partial charge on any atom is 0.337 e. The molecule has 1 atom stereocenters. The minimum atomic E-state index is -0.677. The van der Waals surface area contributed by atoms with E-state index in [0.717, 1.165) is 16.0 Å². The Kier molecular flexibility index (Phi) is 5.87. The van der Waals surface area contributed by atoms with Crippen LogP contribution in [0.25, 0.3) is 0 Å². The van der Waals surface area contributed by atoms with Gasteiger partial charge >= 0.3 is 12.0 Å². The molecule has 2 aromatic carbocycles. The van der Waals surface area contributed by atoms with Crippen LogP contribution in [0.5, 0.6) is 0 Å². The molecule has 1 aliphatic heterocycles. The summed E-state index contributed by atoms with van der Waals surface area (Å²) < 4.78 is 4.65. The second kappa shape index (κ2) is 8.51. The molecule has 0 saturated carbocycles. The molecule has 2 aromatic rings. The van der Waals surface area contributed by atoms with Crippen molar-refractivity contribution in [2.45, 2.75) is 18.9 Å². The number of methoxy groups -OCH3 is 1. The number of nitro groups is 1. The lowest BCUT2D eigenvalue weighted by molar-refractivity contribution is -0.384. The van der Waals surface area contributed by atoms with E-state index in [2.05, 4.69) is 10.1 Å². The molecule has 1 heterocycles. The standard InChI is InChI=1S/C20H19N3O6/c1-29-19(25)15-6-2-14(3-7-15)12-17-18(24)22(20(26)21-17)11-10-13-4-8-16(9-5-13)23(27)28/h2-9,17H,10-12H2,1H3,(H,21,26). The van der Waals surface area contributed by atoms with Crippen molar-refractivity contribution in [3.63, 3.8) is 0 Å². The van der Waals surface area contributed by atoms with Crippen LogP contribution in [0.1, 0.15) is 21.5 Å². The van der Waals surface area contributed by atoms with E-state index in [9.17, 15) is 24.5 Å². The summed E-state index contributed by atoms with van der Waals surface area (Å²) in [6, 6.07) is 11.5. The number of imide groups is 1. The first-order valence-corrected chi connectivity index (χ1v) is 8.91. The smallest absolute Gasteiger partial charge is 0.337 e. The van der Waals surface area contributed by atoms with Crippen molar-refractivity contribution >= 4 is 23.6 Å². The second-order valence-electron chi connectivity index (χ2n) is 6.56.